The van der Waals surface area contributed by atoms with E-state index in [2.05, 4.69) is 37.4 Å². The molecule has 1 aliphatic rings. The Morgan fingerprint density at radius 2 is 1.70 bits per heavy atom. The number of hydrogen-bond donors (Lipinski definition) is 1. The summed E-state index contributed by atoms with van der Waals surface area (Å²) in [5.74, 6) is 1.48. The third-order valence-electron chi connectivity index (χ3n) is 8.19. The van der Waals surface area contributed by atoms with Crippen LogP contribution >= 0.6 is 0 Å². The molecule has 1 N–H and O–H groups in total. The minimum Gasteiger partial charge on any atom is -0.497 e. The number of hydrogen-bond acceptors (Lipinski definition) is 7. The zero-order chi connectivity index (χ0) is 30.5. The average molecular weight is 598 g/mol. The highest BCUT2D eigenvalue weighted by Crippen LogP contribution is 2.21. The summed E-state index contributed by atoms with van der Waals surface area (Å²) in [6.45, 7) is 5.68. The van der Waals surface area contributed by atoms with E-state index in [0.717, 1.165) is 50.5 Å². The molecular weight excluding hydrogens is 561 g/mol. The molecular formula is C33H36FN7O3. The van der Waals surface area contributed by atoms with Crippen molar-refractivity contribution in [3.05, 3.63) is 100 Å². The fraction of sp³-hybridized carbons (Fsp3) is 0.333. The number of anilines is 1. The molecule has 0 unspecified atom stereocenters. The van der Waals surface area contributed by atoms with E-state index in [0.29, 0.717) is 35.5 Å². The van der Waals surface area contributed by atoms with Crippen LogP contribution in [-0.4, -0.2) is 76.4 Å². The SMILES string of the molecule is COc1ccc(N2CCN(CCCNC(=O)CCc3nnc4n(Cc5ccc(F)cc5)c(=O)c5ccccc5n34)CC2)cc1. The van der Waals surface area contributed by atoms with Crippen molar-refractivity contribution < 1.29 is 13.9 Å². The normalized spacial score (nSPS) is 13.9. The standard InChI is InChI=1S/C33H36FN7O3/c1-44-27-13-11-26(12-14-27)39-21-19-38(20-22-39)18-4-17-35-31(42)16-15-30-36-37-33-40(23-24-7-9-25(34)10-8-24)32(43)28-5-2-3-6-29(28)41(30)33/h2-3,5-14H,4,15-23H2,1H3,(H,35,42). The number of halogens is 1. The Kier molecular flexibility index (Phi) is 8.83. The molecule has 0 spiro atoms. The van der Waals surface area contributed by atoms with E-state index in [1.807, 2.05) is 34.7 Å². The Morgan fingerprint density at radius 3 is 2.45 bits per heavy atom. The lowest BCUT2D eigenvalue weighted by molar-refractivity contribution is -0.121. The number of ether oxygens (including phenoxy) is 1. The van der Waals surface area contributed by atoms with E-state index in [1.165, 1.54) is 17.8 Å². The van der Waals surface area contributed by atoms with Crippen LogP contribution in [0.25, 0.3) is 16.7 Å². The topological polar surface area (TPSA) is 97.0 Å². The summed E-state index contributed by atoms with van der Waals surface area (Å²) in [7, 11) is 1.68. The Labute approximate surface area is 254 Å². The van der Waals surface area contributed by atoms with Crippen LogP contribution in [0.5, 0.6) is 5.75 Å². The molecule has 2 aromatic heterocycles. The maximum atomic E-state index is 13.5. The molecule has 1 saturated heterocycles. The fourth-order valence-electron chi connectivity index (χ4n) is 5.76. The molecule has 44 heavy (non-hydrogen) atoms. The van der Waals surface area contributed by atoms with Gasteiger partial charge in [-0.25, -0.2) is 4.39 Å². The molecule has 6 rings (SSSR count). The highest BCUT2D eigenvalue weighted by atomic mass is 19.1. The van der Waals surface area contributed by atoms with Gasteiger partial charge in [-0.05, 0) is 67.1 Å². The number of fused-ring (bicyclic) bond motifs is 3. The van der Waals surface area contributed by atoms with E-state index in [9.17, 15) is 14.0 Å². The van der Waals surface area contributed by atoms with Crippen molar-refractivity contribution in [2.75, 3.05) is 51.3 Å². The highest BCUT2D eigenvalue weighted by Gasteiger charge is 2.19. The quantitative estimate of drug-likeness (QED) is 0.233. The first kappa shape index (κ1) is 29.3. The number of aryl methyl sites for hydroxylation is 1. The molecule has 0 saturated carbocycles. The van der Waals surface area contributed by atoms with Gasteiger partial charge >= 0.3 is 0 Å². The second-order valence-electron chi connectivity index (χ2n) is 11.0. The Bertz CT molecular complexity index is 1790. The zero-order valence-electron chi connectivity index (χ0n) is 24.8. The van der Waals surface area contributed by atoms with Gasteiger partial charge in [-0.2, -0.15) is 0 Å². The van der Waals surface area contributed by atoms with Gasteiger partial charge in [0, 0.05) is 51.3 Å². The Balaban J connectivity index is 1.02. The van der Waals surface area contributed by atoms with Crippen molar-refractivity contribution in [3.8, 4) is 5.75 Å². The molecule has 3 aromatic carbocycles. The van der Waals surface area contributed by atoms with Crippen molar-refractivity contribution in [2.24, 2.45) is 0 Å². The second-order valence-corrected chi connectivity index (χ2v) is 11.0. The number of nitrogens with zero attached hydrogens (tertiary/aromatic N) is 6. The van der Waals surface area contributed by atoms with Gasteiger partial charge in [-0.15, -0.1) is 10.2 Å². The van der Waals surface area contributed by atoms with Gasteiger partial charge in [0.1, 0.15) is 17.4 Å². The van der Waals surface area contributed by atoms with Gasteiger partial charge in [0.15, 0.2) is 0 Å². The number of nitrogens with one attached hydrogen (secondary N) is 1. The van der Waals surface area contributed by atoms with Crippen LogP contribution in [0.3, 0.4) is 0 Å². The van der Waals surface area contributed by atoms with Gasteiger partial charge in [-0.1, -0.05) is 24.3 Å². The predicted octanol–water partition coefficient (Wildman–Crippen LogP) is 3.50. The Morgan fingerprint density at radius 1 is 0.955 bits per heavy atom. The smallest absolute Gasteiger partial charge is 0.263 e. The number of para-hydroxylation sites is 1. The van der Waals surface area contributed by atoms with Crippen LogP contribution in [0.15, 0.2) is 77.6 Å². The molecule has 0 radical (unpaired) electrons. The first-order chi connectivity index (χ1) is 21.5. The number of benzene rings is 3. The van der Waals surface area contributed by atoms with Crippen LogP contribution in [0.2, 0.25) is 0 Å². The first-order valence-corrected chi connectivity index (χ1v) is 15.0. The number of methoxy groups -OCH3 is 1. The van der Waals surface area contributed by atoms with E-state index in [-0.39, 0.29) is 30.2 Å². The van der Waals surface area contributed by atoms with E-state index < -0.39 is 0 Å². The summed E-state index contributed by atoms with van der Waals surface area (Å²) in [6, 6.07) is 21.5. The highest BCUT2D eigenvalue weighted by molar-refractivity contribution is 5.80. The van der Waals surface area contributed by atoms with Gasteiger partial charge in [0.2, 0.25) is 11.7 Å². The summed E-state index contributed by atoms with van der Waals surface area (Å²) in [4.78, 5) is 30.9. The molecule has 0 bridgehead atoms. The lowest BCUT2D eigenvalue weighted by atomic mass is 10.2. The van der Waals surface area contributed by atoms with Crippen molar-refractivity contribution >= 4 is 28.3 Å². The molecule has 1 fully saturated rings. The summed E-state index contributed by atoms with van der Waals surface area (Å²) < 4.78 is 22.1. The van der Waals surface area contributed by atoms with Crippen LogP contribution in [0.4, 0.5) is 10.1 Å². The van der Waals surface area contributed by atoms with Crippen molar-refractivity contribution in [1.29, 1.82) is 0 Å². The lowest BCUT2D eigenvalue weighted by Crippen LogP contribution is -2.47. The predicted molar refractivity (Wildman–Crippen MR) is 168 cm³/mol. The van der Waals surface area contributed by atoms with E-state index >= 15 is 0 Å². The van der Waals surface area contributed by atoms with Gasteiger partial charge in [0.25, 0.3) is 5.56 Å². The van der Waals surface area contributed by atoms with E-state index in [1.54, 1.807) is 29.9 Å². The molecule has 0 aliphatic carbocycles. The van der Waals surface area contributed by atoms with Gasteiger partial charge < -0.3 is 15.0 Å². The summed E-state index contributed by atoms with van der Waals surface area (Å²) >= 11 is 0. The van der Waals surface area contributed by atoms with Crippen molar-refractivity contribution in [3.63, 3.8) is 0 Å². The number of rotatable bonds is 11. The minimum absolute atomic E-state index is 0.0463. The van der Waals surface area contributed by atoms with E-state index in [4.69, 9.17) is 4.74 Å². The maximum absolute atomic E-state index is 13.5. The number of carbonyl (C=O) groups is 1. The molecule has 0 atom stereocenters. The van der Waals surface area contributed by atoms with Crippen LogP contribution < -0.4 is 20.5 Å². The summed E-state index contributed by atoms with van der Waals surface area (Å²) in [5.41, 5.74) is 2.47. The summed E-state index contributed by atoms with van der Waals surface area (Å²) in [5, 5.41) is 12.3. The number of carbonyl (C=O) groups excluding carboxylic acids is 1. The van der Waals surface area contributed by atoms with Crippen LogP contribution in [-0.2, 0) is 17.8 Å². The minimum atomic E-state index is -0.337. The number of amides is 1. The van der Waals surface area contributed by atoms with Crippen molar-refractivity contribution in [2.45, 2.75) is 25.8 Å². The number of piperazine rings is 1. The molecule has 228 valence electrons. The lowest BCUT2D eigenvalue weighted by Gasteiger charge is -2.36. The maximum Gasteiger partial charge on any atom is 0.263 e. The molecule has 3 heterocycles. The molecule has 10 nitrogen and oxygen atoms in total. The largest absolute Gasteiger partial charge is 0.497 e. The monoisotopic (exact) mass is 597 g/mol. The Hall–Kier alpha value is -4.77. The number of aromatic nitrogens is 4. The van der Waals surface area contributed by atoms with Gasteiger partial charge in [-0.3, -0.25) is 23.5 Å². The van der Waals surface area contributed by atoms with Crippen LogP contribution in [0.1, 0.15) is 24.2 Å². The molecule has 1 amide bonds. The molecule has 5 aromatic rings. The second kappa shape index (κ2) is 13.3. The van der Waals surface area contributed by atoms with Crippen molar-refractivity contribution in [1.82, 2.24) is 29.4 Å². The van der Waals surface area contributed by atoms with Crippen LogP contribution in [0, 0.1) is 5.82 Å². The zero-order valence-corrected chi connectivity index (χ0v) is 24.8. The fourth-order valence-corrected chi connectivity index (χ4v) is 5.76. The average Bonchev–Trinajstić information content (AvgIpc) is 3.49. The summed E-state index contributed by atoms with van der Waals surface area (Å²) in [6.07, 6.45) is 1.51. The third-order valence-corrected chi connectivity index (χ3v) is 8.19. The van der Waals surface area contributed by atoms with Gasteiger partial charge in [0.05, 0.1) is 24.6 Å². The molecule has 11 heteroatoms. The first-order valence-electron chi connectivity index (χ1n) is 15.0. The third kappa shape index (κ3) is 6.42. The molecule has 1 aliphatic heterocycles.